The maximum absolute atomic E-state index is 5.59. The summed E-state index contributed by atoms with van der Waals surface area (Å²) in [5.41, 5.74) is 5.09. The van der Waals surface area contributed by atoms with E-state index in [0.29, 0.717) is 19.2 Å². The van der Waals surface area contributed by atoms with Crippen LogP contribution in [0.4, 0.5) is 11.8 Å². The zero-order valence-corrected chi connectivity index (χ0v) is 19.2. The van der Waals surface area contributed by atoms with Crippen LogP contribution in [0.25, 0.3) is 22.6 Å². The van der Waals surface area contributed by atoms with E-state index in [2.05, 4.69) is 36.8 Å². The molecule has 1 saturated heterocycles. The first-order valence-corrected chi connectivity index (χ1v) is 10.8. The minimum absolute atomic E-state index is 0.380. The Hall–Kier alpha value is -3.04. The molecule has 9 heteroatoms. The van der Waals surface area contributed by atoms with Gasteiger partial charge in [0, 0.05) is 37.6 Å². The highest BCUT2D eigenvalue weighted by molar-refractivity contribution is 5.88. The Bertz CT molecular complexity index is 945. The van der Waals surface area contributed by atoms with E-state index in [-0.39, 0.29) is 0 Å². The Morgan fingerprint density at radius 1 is 1.06 bits per heavy atom. The number of anilines is 2. The van der Waals surface area contributed by atoms with Crippen molar-refractivity contribution in [2.75, 3.05) is 36.6 Å². The molecular weight excluding hydrogens is 392 g/mol. The fraction of sp³-hybridized carbons (Fsp3) is 0.455. The molecule has 0 atom stereocenters. The number of hydrogen-bond acceptors (Lipinski definition) is 8. The smallest absolute Gasteiger partial charge is 0.241 e. The number of nitrogens with one attached hydrogen (secondary N) is 1. The van der Waals surface area contributed by atoms with Crippen molar-refractivity contribution in [1.82, 2.24) is 24.5 Å². The number of hydrogen-bond donors (Lipinski definition) is 2. The third kappa shape index (κ3) is 5.77. The molecule has 3 N–H and O–H groups in total. The summed E-state index contributed by atoms with van der Waals surface area (Å²) in [6, 6.07) is 3.88. The monoisotopic (exact) mass is 426 g/mol. The number of nitrogens with zero attached hydrogens (tertiary/aromatic N) is 6. The van der Waals surface area contributed by atoms with Crippen molar-refractivity contribution in [3.8, 4) is 11.4 Å². The van der Waals surface area contributed by atoms with Crippen molar-refractivity contribution in [2.45, 2.75) is 41.2 Å². The number of pyridine rings is 1. The van der Waals surface area contributed by atoms with E-state index in [0.717, 1.165) is 48.0 Å². The molecule has 168 valence electrons. The van der Waals surface area contributed by atoms with Gasteiger partial charge in [0.25, 0.3) is 0 Å². The number of nitrogen functional groups attached to an aromatic ring is 1. The van der Waals surface area contributed by atoms with Gasteiger partial charge in [0.1, 0.15) is 5.82 Å². The second-order valence-corrected chi connectivity index (χ2v) is 6.37. The molecule has 0 bridgehead atoms. The van der Waals surface area contributed by atoms with Gasteiger partial charge in [-0.25, -0.2) is 10.8 Å². The van der Waals surface area contributed by atoms with E-state index in [1.165, 1.54) is 0 Å². The predicted molar refractivity (Wildman–Crippen MR) is 127 cm³/mol. The molecule has 0 aliphatic carbocycles. The standard InChI is InChI=1S/C16H20N8O.C4H8.C2H6/c1-2-24-13(11-3-5-18-6-4-11)19-12-14(23-7-9-25-10-8-23)20-16(22-17)21-15(12)24;1-3-4-2;1-2/h3-6H,2,7-10,17H2,1H3,(H,20,21,22);3-4H,1-2H3;1-2H3/b;4-3-;. The lowest BCUT2D eigenvalue weighted by molar-refractivity contribution is 0.122. The first kappa shape index (κ1) is 24.2. The predicted octanol–water partition coefficient (Wildman–Crippen LogP) is 3.64. The molecule has 9 nitrogen and oxygen atoms in total. The lowest BCUT2D eigenvalue weighted by Gasteiger charge is -2.28. The molecule has 0 radical (unpaired) electrons. The summed E-state index contributed by atoms with van der Waals surface area (Å²) in [5.74, 6) is 7.60. The molecule has 0 amide bonds. The molecule has 4 heterocycles. The van der Waals surface area contributed by atoms with Crippen molar-refractivity contribution in [3.63, 3.8) is 0 Å². The van der Waals surface area contributed by atoms with E-state index < -0.39 is 0 Å². The zero-order chi connectivity index (χ0) is 22.6. The van der Waals surface area contributed by atoms with E-state index in [9.17, 15) is 0 Å². The molecule has 1 fully saturated rings. The van der Waals surface area contributed by atoms with Crippen LogP contribution in [0.5, 0.6) is 0 Å². The summed E-state index contributed by atoms with van der Waals surface area (Å²) in [6.07, 6.45) is 7.52. The fourth-order valence-corrected chi connectivity index (χ4v) is 3.07. The van der Waals surface area contributed by atoms with E-state index >= 15 is 0 Å². The van der Waals surface area contributed by atoms with Crippen molar-refractivity contribution in [3.05, 3.63) is 36.7 Å². The van der Waals surface area contributed by atoms with Gasteiger partial charge in [0.15, 0.2) is 17.0 Å². The number of aromatic nitrogens is 5. The third-order valence-corrected chi connectivity index (χ3v) is 4.60. The first-order valence-electron chi connectivity index (χ1n) is 10.8. The summed E-state index contributed by atoms with van der Waals surface area (Å²) in [7, 11) is 0. The van der Waals surface area contributed by atoms with Crippen LogP contribution in [0, 0.1) is 0 Å². The van der Waals surface area contributed by atoms with E-state index in [1.54, 1.807) is 12.4 Å². The molecule has 1 aliphatic heterocycles. The second-order valence-electron chi connectivity index (χ2n) is 6.37. The molecule has 0 unspecified atom stereocenters. The number of nitrogens with two attached hydrogens (primary N) is 1. The summed E-state index contributed by atoms with van der Waals surface area (Å²) in [5, 5.41) is 0. The summed E-state index contributed by atoms with van der Waals surface area (Å²) in [4.78, 5) is 20.2. The number of rotatable bonds is 4. The average molecular weight is 427 g/mol. The summed E-state index contributed by atoms with van der Waals surface area (Å²) in [6.45, 7) is 13.7. The second kappa shape index (κ2) is 12.6. The molecule has 3 aromatic heterocycles. The molecule has 4 rings (SSSR count). The maximum Gasteiger partial charge on any atom is 0.241 e. The molecular formula is C22H34N8O. The zero-order valence-electron chi connectivity index (χ0n) is 19.2. The van der Waals surface area contributed by atoms with Crippen LogP contribution < -0.4 is 16.2 Å². The van der Waals surface area contributed by atoms with Gasteiger partial charge in [0.05, 0.1) is 13.2 Å². The highest BCUT2D eigenvalue weighted by Crippen LogP contribution is 2.30. The van der Waals surface area contributed by atoms with Crippen LogP contribution in [-0.4, -0.2) is 50.8 Å². The van der Waals surface area contributed by atoms with Gasteiger partial charge in [-0.2, -0.15) is 9.97 Å². The van der Waals surface area contributed by atoms with Crippen molar-refractivity contribution < 1.29 is 4.74 Å². The van der Waals surface area contributed by atoms with Crippen molar-refractivity contribution >= 4 is 22.9 Å². The van der Waals surface area contributed by atoms with Gasteiger partial charge >= 0.3 is 0 Å². The van der Waals surface area contributed by atoms with Gasteiger partial charge in [0.2, 0.25) is 5.95 Å². The van der Waals surface area contributed by atoms with Crippen molar-refractivity contribution in [2.24, 2.45) is 5.84 Å². The molecule has 0 aromatic carbocycles. The van der Waals surface area contributed by atoms with Crippen LogP contribution in [-0.2, 0) is 11.3 Å². The number of fused-ring (bicyclic) bond motifs is 1. The number of ether oxygens (including phenoxy) is 1. The minimum Gasteiger partial charge on any atom is -0.378 e. The Morgan fingerprint density at radius 3 is 2.26 bits per heavy atom. The largest absolute Gasteiger partial charge is 0.378 e. The van der Waals surface area contributed by atoms with Gasteiger partial charge < -0.3 is 14.2 Å². The third-order valence-electron chi connectivity index (χ3n) is 4.60. The number of aryl methyl sites for hydroxylation is 1. The highest BCUT2D eigenvalue weighted by Gasteiger charge is 2.22. The molecule has 0 spiro atoms. The molecule has 1 aliphatic rings. The average Bonchev–Trinajstić information content (AvgIpc) is 3.24. The summed E-state index contributed by atoms with van der Waals surface area (Å²) >= 11 is 0. The number of hydrazine groups is 1. The maximum atomic E-state index is 5.59. The lowest BCUT2D eigenvalue weighted by atomic mass is 10.2. The Balaban J connectivity index is 0.000000513. The van der Waals surface area contributed by atoms with Gasteiger partial charge in [-0.1, -0.05) is 26.0 Å². The number of allylic oxidation sites excluding steroid dienone is 2. The Kier molecular flexibility index (Phi) is 9.86. The van der Waals surface area contributed by atoms with Crippen LogP contribution in [0.3, 0.4) is 0 Å². The van der Waals surface area contributed by atoms with Gasteiger partial charge in [-0.05, 0) is 32.9 Å². The van der Waals surface area contributed by atoms with E-state index in [1.807, 2.05) is 52.0 Å². The molecule has 31 heavy (non-hydrogen) atoms. The number of morpholine rings is 1. The van der Waals surface area contributed by atoms with Crippen molar-refractivity contribution in [1.29, 1.82) is 0 Å². The topological polar surface area (TPSA) is 107 Å². The quantitative estimate of drug-likeness (QED) is 0.370. The molecule has 0 saturated carbocycles. The SMILES string of the molecule is C/C=C\C.CC.CCn1c(-c2ccncc2)nc2c(N3CCOCC3)nc(NN)nc21. The minimum atomic E-state index is 0.380. The highest BCUT2D eigenvalue weighted by atomic mass is 16.5. The normalized spacial score (nSPS) is 13.4. The number of imidazole rings is 1. The van der Waals surface area contributed by atoms with Gasteiger partial charge in [-0.15, -0.1) is 0 Å². The Labute approximate surface area is 184 Å². The van der Waals surface area contributed by atoms with Gasteiger partial charge in [-0.3, -0.25) is 10.4 Å². The van der Waals surface area contributed by atoms with Crippen LogP contribution in [0.15, 0.2) is 36.7 Å². The fourth-order valence-electron chi connectivity index (χ4n) is 3.07. The van der Waals surface area contributed by atoms with Crippen LogP contribution in [0.2, 0.25) is 0 Å². The van der Waals surface area contributed by atoms with Crippen LogP contribution in [0.1, 0.15) is 34.6 Å². The van der Waals surface area contributed by atoms with Crippen LogP contribution >= 0.6 is 0 Å². The Morgan fingerprint density at radius 2 is 1.71 bits per heavy atom. The lowest BCUT2D eigenvalue weighted by Crippen LogP contribution is -2.37. The van der Waals surface area contributed by atoms with E-state index in [4.69, 9.17) is 15.6 Å². The molecule has 3 aromatic rings. The first-order chi connectivity index (χ1) is 15.2. The summed E-state index contributed by atoms with van der Waals surface area (Å²) < 4.78 is 7.52.